The normalized spacial score (nSPS) is 16.8. The zero-order valence-corrected chi connectivity index (χ0v) is 22.8. The largest absolute Gasteiger partial charge is 0.507 e. The van der Waals surface area contributed by atoms with Crippen LogP contribution in [0.5, 0.6) is 17.2 Å². The van der Waals surface area contributed by atoms with Crippen molar-refractivity contribution in [3.8, 4) is 17.2 Å². The van der Waals surface area contributed by atoms with Gasteiger partial charge in [-0.3, -0.25) is 9.59 Å². The van der Waals surface area contributed by atoms with E-state index in [0.29, 0.717) is 11.3 Å². The lowest BCUT2D eigenvalue weighted by atomic mass is 9.94. The third-order valence-corrected chi connectivity index (χ3v) is 6.98. The Kier molecular flexibility index (Phi) is 8.23. The molecule has 1 aliphatic rings. The minimum absolute atomic E-state index is 0.00836. The molecule has 0 aliphatic carbocycles. The number of rotatable bonds is 7. The summed E-state index contributed by atoms with van der Waals surface area (Å²) in [6, 6.07) is 10.9. The molecule has 0 spiro atoms. The van der Waals surface area contributed by atoms with Gasteiger partial charge in [0.25, 0.3) is 11.7 Å². The smallest absolute Gasteiger partial charge is 0.416 e. The van der Waals surface area contributed by atoms with Crippen LogP contribution in [-0.4, -0.2) is 43.0 Å². The van der Waals surface area contributed by atoms with Crippen molar-refractivity contribution < 1.29 is 42.1 Å². The fourth-order valence-electron chi connectivity index (χ4n) is 4.54. The van der Waals surface area contributed by atoms with Crippen molar-refractivity contribution in [3.05, 3.63) is 92.5 Å². The van der Waals surface area contributed by atoms with Gasteiger partial charge >= 0.3 is 6.18 Å². The van der Waals surface area contributed by atoms with Gasteiger partial charge in [-0.2, -0.15) is 13.2 Å². The number of hydrogen-bond acceptors (Lipinski definition) is 6. The van der Waals surface area contributed by atoms with Crippen LogP contribution in [0, 0.1) is 0 Å². The van der Waals surface area contributed by atoms with E-state index in [4.69, 9.17) is 37.4 Å². The molecule has 7 nitrogen and oxygen atoms in total. The molecule has 1 unspecified atom stereocenters. The summed E-state index contributed by atoms with van der Waals surface area (Å²) in [6.45, 7) is -0.367. The second-order valence-corrected chi connectivity index (χ2v) is 9.47. The first-order valence-electron chi connectivity index (χ1n) is 11.6. The highest BCUT2D eigenvalue weighted by molar-refractivity contribution is 6.47. The van der Waals surface area contributed by atoms with Crippen LogP contribution in [0.4, 0.5) is 13.2 Å². The lowest BCUT2D eigenvalue weighted by Gasteiger charge is -2.26. The molecule has 0 radical (unpaired) electrons. The Balaban J connectivity index is 1.94. The number of alkyl halides is 3. The Morgan fingerprint density at radius 2 is 1.62 bits per heavy atom. The summed E-state index contributed by atoms with van der Waals surface area (Å²) in [7, 11) is 4.02. The Hall–Kier alpha value is -3.89. The molecule has 0 bridgehead atoms. The number of Topliss-reactive ketones (excluding diaryl/α,β-unsaturated/α-hetero) is 1. The van der Waals surface area contributed by atoms with Crippen LogP contribution in [-0.2, 0) is 22.3 Å². The summed E-state index contributed by atoms with van der Waals surface area (Å²) in [6.07, 6.45) is -4.61. The number of nitrogens with zero attached hydrogens (tertiary/aromatic N) is 1. The molecule has 3 aromatic carbocycles. The molecule has 0 saturated carbocycles. The first-order valence-corrected chi connectivity index (χ1v) is 12.4. The predicted molar refractivity (Wildman–Crippen MR) is 142 cm³/mol. The van der Waals surface area contributed by atoms with Gasteiger partial charge in [-0.05, 0) is 41.5 Å². The number of halogens is 5. The molecule has 1 aliphatic heterocycles. The molecular weight excluding hydrogens is 574 g/mol. The van der Waals surface area contributed by atoms with Crippen molar-refractivity contribution in [1.82, 2.24) is 4.90 Å². The summed E-state index contributed by atoms with van der Waals surface area (Å²) in [5.74, 6) is -2.38. The molecule has 1 fully saturated rings. The number of ketones is 1. The van der Waals surface area contributed by atoms with Crippen LogP contribution in [0.3, 0.4) is 0 Å². The number of aliphatic hydroxyl groups excluding tert-OH is 1. The fraction of sp³-hybridized carbons (Fsp3) is 0.214. The van der Waals surface area contributed by atoms with Crippen molar-refractivity contribution >= 4 is 40.7 Å². The van der Waals surface area contributed by atoms with E-state index < -0.39 is 35.2 Å². The summed E-state index contributed by atoms with van der Waals surface area (Å²) in [4.78, 5) is 27.8. The molecule has 1 atom stereocenters. The van der Waals surface area contributed by atoms with Gasteiger partial charge in [0.05, 0.1) is 49.1 Å². The maximum absolute atomic E-state index is 13.4. The topological polar surface area (TPSA) is 85.3 Å². The van der Waals surface area contributed by atoms with Crippen molar-refractivity contribution in [2.75, 3.05) is 21.3 Å². The van der Waals surface area contributed by atoms with Gasteiger partial charge in [-0.15, -0.1) is 0 Å². The minimum Gasteiger partial charge on any atom is -0.507 e. The SMILES string of the molecule is COc1cccc(C2/C(=C(\O)c3cc(Cl)c(OC)c(Cl)c3OC)C(=O)C(=O)N2Cc2cccc(C(F)(F)F)c2)c1. The van der Waals surface area contributed by atoms with E-state index in [9.17, 15) is 27.9 Å². The average molecular weight is 596 g/mol. The summed E-state index contributed by atoms with van der Waals surface area (Å²) >= 11 is 12.7. The highest BCUT2D eigenvalue weighted by Gasteiger charge is 2.47. The monoisotopic (exact) mass is 595 g/mol. The maximum Gasteiger partial charge on any atom is 0.416 e. The molecule has 40 heavy (non-hydrogen) atoms. The molecule has 3 aromatic rings. The van der Waals surface area contributed by atoms with Crippen LogP contribution >= 0.6 is 23.2 Å². The first-order chi connectivity index (χ1) is 18.9. The molecule has 210 valence electrons. The number of aliphatic hydroxyl groups is 1. The Labute approximate surface area is 237 Å². The van der Waals surface area contributed by atoms with Gasteiger partial charge in [0.1, 0.15) is 16.5 Å². The molecule has 0 aromatic heterocycles. The van der Waals surface area contributed by atoms with Crippen molar-refractivity contribution in [2.45, 2.75) is 18.8 Å². The number of carbonyl (C=O) groups is 2. The summed E-state index contributed by atoms with van der Waals surface area (Å²) in [5.41, 5.74) is -0.870. The van der Waals surface area contributed by atoms with Gasteiger partial charge < -0.3 is 24.2 Å². The number of benzene rings is 3. The molecule has 4 rings (SSSR count). The number of amides is 1. The van der Waals surface area contributed by atoms with Crippen molar-refractivity contribution in [2.24, 2.45) is 0 Å². The zero-order valence-electron chi connectivity index (χ0n) is 21.3. The number of ether oxygens (including phenoxy) is 3. The second kappa shape index (κ2) is 11.3. The molecule has 1 heterocycles. The highest BCUT2D eigenvalue weighted by Crippen LogP contribution is 2.47. The van der Waals surface area contributed by atoms with E-state index in [-0.39, 0.29) is 44.8 Å². The van der Waals surface area contributed by atoms with Gasteiger partial charge in [-0.25, -0.2) is 0 Å². The van der Waals surface area contributed by atoms with E-state index >= 15 is 0 Å². The van der Waals surface area contributed by atoms with Gasteiger partial charge in [0, 0.05) is 6.54 Å². The van der Waals surface area contributed by atoms with Crippen molar-refractivity contribution in [1.29, 1.82) is 0 Å². The van der Waals surface area contributed by atoms with Gasteiger partial charge in [0.15, 0.2) is 11.5 Å². The third kappa shape index (κ3) is 5.29. The highest BCUT2D eigenvalue weighted by atomic mass is 35.5. The van der Waals surface area contributed by atoms with E-state index in [1.807, 2.05) is 0 Å². The second-order valence-electron chi connectivity index (χ2n) is 8.69. The van der Waals surface area contributed by atoms with E-state index in [2.05, 4.69) is 0 Å². The van der Waals surface area contributed by atoms with Crippen molar-refractivity contribution in [3.63, 3.8) is 0 Å². The van der Waals surface area contributed by atoms with Crippen LogP contribution in [0.1, 0.15) is 28.3 Å². The number of hydrogen-bond donors (Lipinski definition) is 1. The van der Waals surface area contributed by atoms with Crippen LogP contribution in [0.2, 0.25) is 10.0 Å². The molecule has 1 N–H and O–H groups in total. The maximum atomic E-state index is 13.4. The molecule has 1 amide bonds. The van der Waals surface area contributed by atoms with Gasteiger partial charge in [0.2, 0.25) is 0 Å². The van der Waals surface area contributed by atoms with Crippen LogP contribution in [0.15, 0.2) is 60.2 Å². The number of likely N-dealkylation sites (tertiary alicyclic amines) is 1. The third-order valence-electron chi connectivity index (χ3n) is 6.35. The molecular formula is C28H22Cl2F3NO6. The zero-order chi connectivity index (χ0) is 29.4. The van der Waals surface area contributed by atoms with Crippen LogP contribution < -0.4 is 14.2 Å². The summed E-state index contributed by atoms with van der Waals surface area (Å²) < 4.78 is 55.9. The van der Waals surface area contributed by atoms with Crippen LogP contribution in [0.25, 0.3) is 5.76 Å². The quantitative estimate of drug-likeness (QED) is 0.187. The van der Waals surface area contributed by atoms with E-state index in [0.717, 1.165) is 17.0 Å². The van der Waals surface area contributed by atoms with E-state index in [1.165, 1.54) is 39.5 Å². The average Bonchev–Trinajstić information content (AvgIpc) is 3.17. The number of carbonyl (C=O) groups excluding carboxylic acids is 2. The summed E-state index contributed by atoms with van der Waals surface area (Å²) in [5, 5.41) is 11.4. The Bertz CT molecular complexity index is 1520. The van der Waals surface area contributed by atoms with Gasteiger partial charge in [-0.1, -0.05) is 47.5 Å². The Morgan fingerprint density at radius 3 is 2.25 bits per heavy atom. The minimum atomic E-state index is -4.61. The van der Waals surface area contributed by atoms with E-state index in [1.54, 1.807) is 24.3 Å². The standard InChI is InChI=1S/C28H22Cl2F3NO6/c1-38-17-9-5-7-15(11-17)22-20(23(35)18-12-19(29)26(40-3)21(30)25(18)39-2)24(36)27(37)34(22)13-14-6-4-8-16(10-14)28(31,32)33/h4-12,22,35H,13H2,1-3H3/b23-20+. The predicted octanol–water partition coefficient (Wildman–Crippen LogP) is 6.66. The Morgan fingerprint density at radius 1 is 0.950 bits per heavy atom. The molecule has 1 saturated heterocycles. The lowest BCUT2D eigenvalue weighted by molar-refractivity contribution is -0.140. The lowest BCUT2D eigenvalue weighted by Crippen LogP contribution is -2.29. The number of methoxy groups -OCH3 is 3. The fourth-order valence-corrected chi connectivity index (χ4v) is 5.22. The first kappa shape index (κ1) is 29.1. The molecule has 12 heteroatoms.